The van der Waals surface area contributed by atoms with Crippen LogP contribution in [0, 0.1) is 5.92 Å². The number of amides is 1. The normalized spacial score (nSPS) is 25.5. The zero-order valence-electron chi connectivity index (χ0n) is 10.4. The van der Waals surface area contributed by atoms with Gasteiger partial charge in [-0.1, -0.05) is 31.4 Å². The predicted molar refractivity (Wildman–Crippen MR) is 67.6 cm³/mol. The van der Waals surface area contributed by atoms with Gasteiger partial charge < -0.3 is 10.0 Å². The molecular formula is C14H21NO2. The van der Waals surface area contributed by atoms with E-state index in [2.05, 4.69) is 0 Å². The molecule has 1 N–H and O–H groups in total. The van der Waals surface area contributed by atoms with Crippen LogP contribution in [0.15, 0.2) is 24.0 Å². The van der Waals surface area contributed by atoms with Crippen molar-refractivity contribution in [2.45, 2.75) is 44.6 Å². The molecule has 0 heterocycles. The van der Waals surface area contributed by atoms with Crippen molar-refractivity contribution < 1.29 is 9.90 Å². The summed E-state index contributed by atoms with van der Waals surface area (Å²) in [6.07, 6.45) is 11.9. The van der Waals surface area contributed by atoms with Gasteiger partial charge in [-0.3, -0.25) is 4.79 Å². The van der Waals surface area contributed by atoms with E-state index < -0.39 is 0 Å². The summed E-state index contributed by atoms with van der Waals surface area (Å²) >= 11 is 0. The molecule has 1 saturated carbocycles. The van der Waals surface area contributed by atoms with Gasteiger partial charge in [-0.15, -0.1) is 0 Å². The Labute approximate surface area is 103 Å². The van der Waals surface area contributed by atoms with Crippen LogP contribution in [0.4, 0.5) is 0 Å². The number of aliphatic hydroxyl groups is 1. The van der Waals surface area contributed by atoms with Gasteiger partial charge in [-0.05, 0) is 25.3 Å². The first-order valence-corrected chi connectivity index (χ1v) is 6.52. The van der Waals surface area contributed by atoms with E-state index in [0.717, 1.165) is 12.8 Å². The topological polar surface area (TPSA) is 40.5 Å². The summed E-state index contributed by atoms with van der Waals surface area (Å²) in [7, 11) is 1.88. The van der Waals surface area contributed by atoms with Gasteiger partial charge in [0.15, 0.2) is 0 Å². The maximum absolute atomic E-state index is 12.3. The van der Waals surface area contributed by atoms with Crippen molar-refractivity contribution in [3.63, 3.8) is 0 Å². The Morgan fingerprint density at radius 1 is 1.35 bits per heavy atom. The van der Waals surface area contributed by atoms with Gasteiger partial charge in [0.05, 0.1) is 5.92 Å². The quantitative estimate of drug-likeness (QED) is 0.799. The fraction of sp³-hybridized carbons (Fsp3) is 0.643. The first kappa shape index (κ1) is 12.2. The lowest BCUT2D eigenvalue weighted by atomic mass is 9.92. The van der Waals surface area contributed by atoms with Gasteiger partial charge in [-0.25, -0.2) is 0 Å². The van der Waals surface area contributed by atoms with Crippen LogP contribution >= 0.6 is 0 Å². The van der Waals surface area contributed by atoms with Crippen molar-refractivity contribution in [1.29, 1.82) is 0 Å². The Bertz CT molecular complexity index is 340. The summed E-state index contributed by atoms with van der Waals surface area (Å²) in [5.41, 5.74) is 0. The van der Waals surface area contributed by atoms with Crippen LogP contribution in [0.2, 0.25) is 0 Å². The lowest BCUT2D eigenvalue weighted by Crippen LogP contribution is -2.42. The van der Waals surface area contributed by atoms with E-state index in [9.17, 15) is 9.90 Å². The van der Waals surface area contributed by atoms with E-state index in [1.54, 1.807) is 12.2 Å². The van der Waals surface area contributed by atoms with Crippen molar-refractivity contribution in [1.82, 2.24) is 4.90 Å². The van der Waals surface area contributed by atoms with Crippen molar-refractivity contribution >= 4 is 5.91 Å². The van der Waals surface area contributed by atoms with Gasteiger partial charge in [0.25, 0.3) is 0 Å². The minimum Gasteiger partial charge on any atom is -0.511 e. The van der Waals surface area contributed by atoms with E-state index in [1.165, 1.54) is 19.3 Å². The summed E-state index contributed by atoms with van der Waals surface area (Å²) in [5.74, 6) is -0.0814. The van der Waals surface area contributed by atoms with Crippen molar-refractivity contribution in [3.8, 4) is 0 Å². The lowest BCUT2D eigenvalue weighted by Gasteiger charge is -2.33. The summed E-state index contributed by atoms with van der Waals surface area (Å²) in [5, 5.41) is 9.75. The molecule has 1 amide bonds. The number of allylic oxidation sites excluding steroid dienone is 3. The van der Waals surface area contributed by atoms with Gasteiger partial charge in [0, 0.05) is 13.1 Å². The number of aliphatic hydroxyl groups excluding tert-OH is 1. The number of carbonyl (C=O) groups is 1. The molecule has 17 heavy (non-hydrogen) atoms. The average molecular weight is 235 g/mol. The third-order valence-electron chi connectivity index (χ3n) is 3.90. The Morgan fingerprint density at radius 3 is 2.71 bits per heavy atom. The van der Waals surface area contributed by atoms with Crippen LogP contribution in [0.25, 0.3) is 0 Å². The number of nitrogens with zero attached hydrogens (tertiary/aromatic N) is 1. The molecular weight excluding hydrogens is 214 g/mol. The number of carbonyl (C=O) groups excluding carboxylic acids is 1. The van der Waals surface area contributed by atoms with Crippen LogP contribution in [-0.4, -0.2) is 29.0 Å². The number of hydrogen-bond donors (Lipinski definition) is 1. The van der Waals surface area contributed by atoms with Gasteiger partial charge >= 0.3 is 0 Å². The number of rotatable bonds is 2. The van der Waals surface area contributed by atoms with Crippen LogP contribution in [0.3, 0.4) is 0 Å². The minimum absolute atomic E-state index is 0.0648. The number of hydrogen-bond acceptors (Lipinski definition) is 2. The highest BCUT2D eigenvalue weighted by Crippen LogP contribution is 2.26. The molecule has 0 saturated heterocycles. The fourth-order valence-electron chi connectivity index (χ4n) is 2.74. The first-order valence-electron chi connectivity index (χ1n) is 6.52. The Balaban J connectivity index is 1.99. The van der Waals surface area contributed by atoms with Crippen LogP contribution in [-0.2, 0) is 4.79 Å². The van der Waals surface area contributed by atoms with Gasteiger partial charge in [0.2, 0.25) is 5.91 Å². The maximum atomic E-state index is 12.3. The molecule has 0 aromatic heterocycles. The molecule has 0 bridgehead atoms. The van der Waals surface area contributed by atoms with E-state index in [0.29, 0.717) is 12.5 Å². The molecule has 0 radical (unpaired) electrons. The fourth-order valence-corrected chi connectivity index (χ4v) is 2.74. The second-order valence-electron chi connectivity index (χ2n) is 5.05. The molecule has 0 aliphatic heterocycles. The standard InChI is InChI=1S/C14H21NO2/c1-15(11-7-3-2-4-8-11)14(17)12-9-5-6-10-13(12)16/h5-6,10-12,16H,2-4,7-9H2,1H3. The maximum Gasteiger partial charge on any atom is 0.233 e. The molecule has 0 aromatic rings. The second-order valence-corrected chi connectivity index (χ2v) is 5.05. The molecule has 3 heteroatoms. The molecule has 0 aromatic carbocycles. The highest BCUT2D eigenvalue weighted by molar-refractivity contribution is 5.81. The van der Waals surface area contributed by atoms with E-state index in [-0.39, 0.29) is 17.6 Å². The average Bonchev–Trinajstić information content (AvgIpc) is 2.39. The van der Waals surface area contributed by atoms with Crippen LogP contribution in [0.5, 0.6) is 0 Å². The van der Waals surface area contributed by atoms with Gasteiger partial charge in [-0.2, -0.15) is 0 Å². The third-order valence-corrected chi connectivity index (χ3v) is 3.90. The Hall–Kier alpha value is -1.25. The predicted octanol–water partition coefficient (Wildman–Crippen LogP) is 2.80. The molecule has 3 nitrogen and oxygen atoms in total. The molecule has 2 rings (SSSR count). The highest BCUT2D eigenvalue weighted by Gasteiger charge is 2.30. The molecule has 1 fully saturated rings. The Morgan fingerprint density at radius 2 is 2.06 bits per heavy atom. The van der Waals surface area contributed by atoms with Crippen LogP contribution in [0.1, 0.15) is 38.5 Å². The molecule has 1 unspecified atom stereocenters. The minimum atomic E-state index is -0.355. The second kappa shape index (κ2) is 5.39. The first-order chi connectivity index (χ1) is 8.20. The van der Waals surface area contributed by atoms with E-state index >= 15 is 0 Å². The summed E-state index contributed by atoms with van der Waals surface area (Å²) in [6, 6.07) is 0.370. The molecule has 2 aliphatic carbocycles. The van der Waals surface area contributed by atoms with Gasteiger partial charge in [0.1, 0.15) is 5.76 Å². The van der Waals surface area contributed by atoms with Crippen LogP contribution < -0.4 is 0 Å². The molecule has 0 spiro atoms. The zero-order chi connectivity index (χ0) is 12.3. The Kier molecular flexibility index (Phi) is 3.87. The van der Waals surface area contributed by atoms with E-state index in [4.69, 9.17) is 0 Å². The van der Waals surface area contributed by atoms with Crippen molar-refractivity contribution in [2.75, 3.05) is 7.05 Å². The molecule has 94 valence electrons. The third kappa shape index (κ3) is 2.71. The monoisotopic (exact) mass is 235 g/mol. The lowest BCUT2D eigenvalue weighted by molar-refractivity contribution is -0.136. The zero-order valence-corrected chi connectivity index (χ0v) is 10.4. The summed E-state index contributed by atoms with van der Waals surface area (Å²) < 4.78 is 0. The summed E-state index contributed by atoms with van der Waals surface area (Å²) in [6.45, 7) is 0. The largest absolute Gasteiger partial charge is 0.511 e. The summed E-state index contributed by atoms with van der Waals surface area (Å²) in [4.78, 5) is 14.2. The van der Waals surface area contributed by atoms with Crippen molar-refractivity contribution in [3.05, 3.63) is 24.0 Å². The van der Waals surface area contributed by atoms with E-state index in [1.807, 2.05) is 18.0 Å². The molecule has 2 aliphatic rings. The molecule has 1 atom stereocenters. The van der Waals surface area contributed by atoms with Crippen molar-refractivity contribution in [2.24, 2.45) is 5.92 Å². The smallest absolute Gasteiger partial charge is 0.233 e. The SMILES string of the molecule is CN(C(=O)C1CC=CC=C1O)C1CCCCC1. The highest BCUT2D eigenvalue weighted by atomic mass is 16.3.